The van der Waals surface area contributed by atoms with Crippen molar-refractivity contribution in [3.05, 3.63) is 63.9 Å². The van der Waals surface area contributed by atoms with Crippen LogP contribution in [0.4, 0.5) is 10.1 Å². The molecule has 0 aliphatic carbocycles. The molecule has 0 fully saturated rings. The van der Waals surface area contributed by atoms with E-state index in [1.54, 1.807) is 12.1 Å². The predicted molar refractivity (Wildman–Crippen MR) is 77.0 cm³/mol. The Balaban J connectivity index is 2.11. The maximum absolute atomic E-state index is 13.3. The molecule has 2 aromatic rings. The van der Waals surface area contributed by atoms with Crippen molar-refractivity contribution < 1.29 is 9.18 Å². The van der Waals surface area contributed by atoms with Crippen molar-refractivity contribution in [1.82, 2.24) is 0 Å². The van der Waals surface area contributed by atoms with Gasteiger partial charge >= 0.3 is 0 Å². The summed E-state index contributed by atoms with van der Waals surface area (Å²) in [5.41, 5.74) is 2.61. The van der Waals surface area contributed by atoms with Crippen LogP contribution in [0.15, 0.2) is 46.9 Å². The van der Waals surface area contributed by atoms with Crippen LogP contribution in [-0.2, 0) is 4.79 Å². The summed E-state index contributed by atoms with van der Waals surface area (Å²) in [5.74, 6) is -0.559. The first kappa shape index (κ1) is 12.1. The molecule has 0 saturated carbocycles. The average molecular weight is 318 g/mol. The van der Waals surface area contributed by atoms with Crippen LogP contribution in [-0.4, -0.2) is 5.91 Å². The SMILES string of the molecule is O=C1Nc2ccc(F)cc2/C1=C/c1cccc(Br)c1. The van der Waals surface area contributed by atoms with E-state index >= 15 is 0 Å². The van der Waals surface area contributed by atoms with Crippen LogP contribution < -0.4 is 5.32 Å². The molecule has 3 rings (SSSR count). The zero-order valence-electron chi connectivity index (χ0n) is 9.78. The van der Waals surface area contributed by atoms with E-state index in [0.717, 1.165) is 10.0 Å². The topological polar surface area (TPSA) is 29.1 Å². The van der Waals surface area contributed by atoms with Gasteiger partial charge in [-0.3, -0.25) is 4.79 Å². The van der Waals surface area contributed by atoms with Gasteiger partial charge in [0.1, 0.15) is 5.82 Å². The maximum atomic E-state index is 13.3. The van der Waals surface area contributed by atoms with Crippen molar-refractivity contribution in [1.29, 1.82) is 0 Å². The third-order valence-electron chi connectivity index (χ3n) is 2.92. The van der Waals surface area contributed by atoms with E-state index in [4.69, 9.17) is 0 Å². The highest BCUT2D eigenvalue weighted by molar-refractivity contribution is 9.10. The standard InChI is InChI=1S/C15H9BrFNO/c16-10-3-1-2-9(6-10)7-13-12-8-11(17)4-5-14(12)18-15(13)19/h1-8H,(H,18,19)/b13-7-. The molecule has 0 spiro atoms. The van der Waals surface area contributed by atoms with Gasteiger partial charge in [0.25, 0.3) is 5.91 Å². The Kier molecular flexibility index (Phi) is 2.95. The normalized spacial score (nSPS) is 15.5. The van der Waals surface area contributed by atoms with Crippen molar-refractivity contribution in [3.8, 4) is 0 Å². The van der Waals surface area contributed by atoms with Crippen molar-refractivity contribution in [2.24, 2.45) is 0 Å². The highest BCUT2D eigenvalue weighted by atomic mass is 79.9. The second kappa shape index (κ2) is 4.63. The largest absolute Gasteiger partial charge is 0.321 e. The van der Waals surface area contributed by atoms with Crippen LogP contribution in [0.25, 0.3) is 11.6 Å². The molecular formula is C15H9BrFNO. The third kappa shape index (κ3) is 2.31. The second-order valence-corrected chi connectivity index (χ2v) is 5.17. The summed E-state index contributed by atoms with van der Waals surface area (Å²) < 4.78 is 14.2. The minimum Gasteiger partial charge on any atom is -0.321 e. The van der Waals surface area contributed by atoms with Gasteiger partial charge in [-0.05, 0) is 42.0 Å². The monoisotopic (exact) mass is 317 g/mol. The molecule has 0 bridgehead atoms. The molecule has 0 atom stereocenters. The fraction of sp³-hybridized carbons (Fsp3) is 0. The van der Waals surface area contributed by atoms with Gasteiger partial charge in [0.2, 0.25) is 0 Å². The molecule has 19 heavy (non-hydrogen) atoms. The van der Waals surface area contributed by atoms with Gasteiger partial charge < -0.3 is 5.32 Å². The predicted octanol–water partition coefficient (Wildman–Crippen LogP) is 4.08. The Labute approximate surface area is 118 Å². The molecule has 4 heteroatoms. The lowest BCUT2D eigenvalue weighted by Crippen LogP contribution is -2.03. The number of nitrogens with one attached hydrogen (secondary N) is 1. The van der Waals surface area contributed by atoms with Gasteiger partial charge in [0.05, 0.1) is 0 Å². The van der Waals surface area contributed by atoms with E-state index in [2.05, 4.69) is 21.2 Å². The van der Waals surface area contributed by atoms with Gasteiger partial charge in [-0.15, -0.1) is 0 Å². The minimum absolute atomic E-state index is 0.208. The second-order valence-electron chi connectivity index (χ2n) is 4.26. The molecule has 94 valence electrons. The first-order valence-electron chi connectivity index (χ1n) is 5.72. The molecule has 1 N–H and O–H groups in total. The zero-order chi connectivity index (χ0) is 13.4. The van der Waals surface area contributed by atoms with E-state index in [1.165, 1.54) is 12.1 Å². The van der Waals surface area contributed by atoms with Crippen molar-refractivity contribution in [3.63, 3.8) is 0 Å². The molecule has 1 aliphatic rings. The summed E-state index contributed by atoms with van der Waals surface area (Å²) in [6, 6.07) is 11.9. The number of amides is 1. The number of fused-ring (bicyclic) bond motifs is 1. The molecule has 2 nitrogen and oxygen atoms in total. The van der Waals surface area contributed by atoms with Crippen LogP contribution in [0, 0.1) is 5.82 Å². The fourth-order valence-corrected chi connectivity index (χ4v) is 2.48. The third-order valence-corrected chi connectivity index (χ3v) is 3.42. The van der Waals surface area contributed by atoms with Crippen LogP contribution in [0.2, 0.25) is 0 Å². The lowest BCUT2D eigenvalue weighted by molar-refractivity contribution is -0.110. The molecule has 1 amide bonds. The number of rotatable bonds is 1. The smallest absolute Gasteiger partial charge is 0.256 e. The van der Waals surface area contributed by atoms with Gasteiger partial charge in [-0.2, -0.15) is 0 Å². The Morgan fingerprint density at radius 3 is 2.79 bits per heavy atom. The van der Waals surface area contributed by atoms with Gasteiger partial charge in [0.15, 0.2) is 0 Å². The van der Waals surface area contributed by atoms with E-state index in [-0.39, 0.29) is 11.7 Å². The van der Waals surface area contributed by atoms with Crippen molar-refractivity contribution >= 4 is 39.2 Å². The zero-order valence-corrected chi connectivity index (χ0v) is 11.4. The van der Waals surface area contributed by atoms with Crippen LogP contribution >= 0.6 is 15.9 Å². The van der Waals surface area contributed by atoms with E-state index in [1.807, 2.05) is 24.3 Å². The lowest BCUT2D eigenvalue weighted by atomic mass is 10.0. The minimum atomic E-state index is -0.351. The Hall–Kier alpha value is -1.94. The van der Waals surface area contributed by atoms with Crippen molar-refractivity contribution in [2.75, 3.05) is 5.32 Å². The molecule has 1 aliphatic heterocycles. The van der Waals surface area contributed by atoms with Crippen LogP contribution in [0.3, 0.4) is 0 Å². The number of benzene rings is 2. The number of carbonyl (C=O) groups is 1. The lowest BCUT2D eigenvalue weighted by Gasteiger charge is -1.99. The summed E-state index contributed by atoms with van der Waals surface area (Å²) in [6.45, 7) is 0. The quantitative estimate of drug-likeness (QED) is 0.789. The average Bonchev–Trinajstić information content (AvgIpc) is 2.66. The molecule has 0 unspecified atom stereocenters. The molecule has 2 aromatic carbocycles. The highest BCUT2D eigenvalue weighted by Gasteiger charge is 2.24. The van der Waals surface area contributed by atoms with Gasteiger partial charge in [-0.25, -0.2) is 4.39 Å². The van der Waals surface area contributed by atoms with Crippen LogP contribution in [0.5, 0.6) is 0 Å². The number of hydrogen-bond acceptors (Lipinski definition) is 1. The summed E-state index contributed by atoms with van der Waals surface area (Å²) >= 11 is 3.38. The Morgan fingerprint density at radius 2 is 2.00 bits per heavy atom. The van der Waals surface area contributed by atoms with Gasteiger partial charge in [0, 0.05) is 21.3 Å². The summed E-state index contributed by atoms with van der Waals surface area (Å²) in [6.07, 6.45) is 1.76. The van der Waals surface area contributed by atoms with Crippen molar-refractivity contribution in [2.45, 2.75) is 0 Å². The maximum Gasteiger partial charge on any atom is 0.256 e. The summed E-state index contributed by atoms with van der Waals surface area (Å²) in [7, 11) is 0. The van der Waals surface area contributed by atoms with E-state index in [0.29, 0.717) is 16.8 Å². The van der Waals surface area contributed by atoms with E-state index in [9.17, 15) is 9.18 Å². The number of halogens is 2. The Morgan fingerprint density at radius 1 is 1.16 bits per heavy atom. The molecule has 1 heterocycles. The first-order chi connectivity index (χ1) is 9.13. The number of anilines is 1. The summed E-state index contributed by atoms with van der Waals surface area (Å²) in [4.78, 5) is 11.9. The highest BCUT2D eigenvalue weighted by Crippen LogP contribution is 2.33. The number of hydrogen-bond donors (Lipinski definition) is 1. The molecule has 0 aromatic heterocycles. The molecule has 0 radical (unpaired) electrons. The fourth-order valence-electron chi connectivity index (χ4n) is 2.07. The molecular weight excluding hydrogens is 309 g/mol. The number of carbonyl (C=O) groups excluding carboxylic acids is 1. The van der Waals surface area contributed by atoms with E-state index < -0.39 is 0 Å². The molecule has 0 saturated heterocycles. The summed E-state index contributed by atoms with van der Waals surface area (Å²) in [5, 5.41) is 2.72. The first-order valence-corrected chi connectivity index (χ1v) is 6.51. The van der Waals surface area contributed by atoms with Gasteiger partial charge in [-0.1, -0.05) is 28.1 Å². The van der Waals surface area contributed by atoms with Crippen LogP contribution in [0.1, 0.15) is 11.1 Å². The Bertz CT molecular complexity index is 709.